The lowest BCUT2D eigenvalue weighted by Crippen LogP contribution is -2.42. The second kappa shape index (κ2) is 22.3. The lowest BCUT2D eigenvalue weighted by atomic mass is 9.87. The van der Waals surface area contributed by atoms with E-state index in [0.29, 0.717) is 17.2 Å². The van der Waals surface area contributed by atoms with E-state index in [4.69, 9.17) is 20.5 Å². The molecule has 0 bridgehead atoms. The second-order valence-electron chi connectivity index (χ2n) is 24.2. The van der Waals surface area contributed by atoms with Crippen molar-refractivity contribution >= 4 is 52.6 Å². The van der Waals surface area contributed by atoms with Crippen LogP contribution in [0.15, 0.2) is 75.4 Å². The van der Waals surface area contributed by atoms with Crippen LogP contribution in [0.3, 0.4) is 0 Å². The third-order valence-electron chi connectivity index (χ3n) is 12.3. The molecule has 0 fully saturated rings. The van der Waals surface area contributed by atoms with Gasteiger partial charge in [-0.05, 0) is 111 Å². The molecule has 364 valence electrons. The molecule has 0 N–H and O–H groups in total. The summed E-state index contributed by atoms with van der Waals surface area (Å²) in [5.74, 6) is 1.61. The Bertz CT molecular complexity index is 2270. The molecule has 4 aromatic rings. The number of halogens is 1. The van der Waals surface area contributed by atoms with Crippen LogP contribution in [0.1, 0.15) is 158 Å². The molecule has 0 saturated carbocycles. The molecule has 0 unspecified atom stereocenters. The highest BCUT2D eigenvalue weighted by atomic mass is 35.5. The summed E-state index contributed by atoms with van der Waals surface area (Å²) in [5.41, 5.74) is 5.85. The molecule has 0 aliphatic carbocycles. The fourth-order valence-electron chi connectivity index (χ4n) is 5.60. The summed E-state index contributed by atoms with van der Waals surface area (Å²) in [5, 5.41) is 9.19. The Balaban J connectivity index is 0.000000375. The number of benzene rings is 2. The van der Waals surface area contributed by atoms with Crippen molar-refractivity contribution in [3.8, 4) is 0 Å². The third-order valence-corrected chi connectivity index (χ3v) is 23.1. The van der Waals surface area contributed by atoms with Crippen molar-refractivity contribution in [1.29, 1.82) is 0 Å². The van der Waals surface area contributed by atoms with Crippen molar-refractivity contribution in [1.82, 2.24) is 19.6 Å². The van der Waals surface area contributed by atoms with Gasteiger partial charge in [0, 0.05) is 16.4 Å². The smallest absolute Gasteiger partial charge is 0.274 e. The zero-order valence-corrected chi connectivity index (χ0v) is 48.7. The first kappa shape index (κ1) is 58.7. The van der Waals surface area contributed by atoms with Crippen LogP contribution in [0.5, 0.6) is 0 Å². The minimum atomic E-state index is -1.99. The molecule has 8 nitrogen and oxygen atoms in total. The van der Waals surface area contributed by atoms with Crippen molar-refractivity contribution in [2.75, 3.05) is 0 Å². The number of nitrogens with zero attached hydrogens (tertiary/aromatic N) is 4. The summed E-state index contributed by atoms with van der Waals surface area (Å²) in [7, 11) is -3.91. The quantitative estimate of drug-likeness (QED) is 0.0962. The van der Waals surface area contributed by atoms with E-state index in [-0.39, 0.29) is 49.7 Å². The highest BCUT2D eigenvalue weighted by Gasteiger charge is 2.39. The number of thioether (sulfide) groups is 1. The van der Waals surface area contributed by atoms with Crippen LogP contribution in [0.4, 0.5) is 0 Å². The largest absolute Gasteiger partial charge is 0.412 e. The van der Waals surface area contributed by atoms with Crippen LogP contribution < -0.4 is 11.1 Å². The predicted molar refractivity (Wildman–Crippen MR) is 289 cm³/mol. The second-order valence-corrected chi connectivity index (χ2v) is 35.5. The van der Waals surface area contributed by atoms with Crippen molar-refractivity contribution < 1.29 is 8.85 Å². The van der Waals surface area contributed by atoms with E-state index in [1.165, 1.54) is 33.1 Å². The molecule has 0 amide bonds. The summed E-state index contributed by atoms with van der Waals surface area (Å²) in [6, 6.07) is 17.4. The Hall–Kier alpha value is -2.46. The van der Waals surface area contributed by atoms with E-state index in [9.17, 15) is 9.59 Å². The Morgan fingerprint density at radius 1 is 0.569 bits per heavy atom. The van der Waals surface area contributed by atoms with Crippen molar-refractivity contribution in [2.45, 2.75) is 212 Å². The first-order valence-electron chi connectivity index (χ1n) is 22.8. The molecule has 0 saturated heterocycles. The van der Waals surface area contributed by atoms with Crippen molar-refractivity contribution in [2.24, 2.45) is 0 Å². The van der Waals surface area contributed by atoms with Crippen LogP contribution >= 0.6 is 36.0 Å². The minimum absolute atomic E-state index is 0.0516. The van der Waals surface area contributed by atoms with Crippen molar-refractivity contribution in [3.05, 3.63) is 120 Å². The van der Waals surface area contributed by atoms with Crippen LogP contribution in [0.25, 0.3) is 0 Å². The van der Waals surface area contributed by atoms with Crippen LogP contribution in [-0.2, 0) is 55.5 Å². The monoisotopic (exact) mass is 985 g/mol. The molecule has 0 spiro atoms. The predicted octanol–water partition coefficient (Wildman–Crippen LogP) is 14.7. The molecular weight excluding hydrogens is 900 g/mol. The summed E-state index contributed by atoms with van der Waals surface area (Å²) >= 11 is 12.0. The zero-order chi connectivity index (χ0) is 50.4. The number of thiol groups is 1. The van der Waals surface area contributed by atoms with E-state index in [1.807, 2.05) is 47.7 Å². The number of aromatic nitrogens is 4. The highest BCUT2D eigenvalue weighted by molar-refractivity contribution is 7.98. The summed E-state index contributed by atoms with van der Waals surface area (Å²) in [4.78, 5) is 26.9. The van der Waals surface area contributed by atoms with Crippen LogP contribution in [0, 0.1) is 0 Å². The Kier molecular flexibility index (Phi) is 20.1. The molecule has 0 aliphatic heterocycles. The highest BCUT2D eigenvalue weighted by Crippen LogP contribution is 2.39. The average Bonchev–Trinajstić information content (AvgIpc) is 3.14. The van der Waals surface area contributed by atoms with Gasteiger partial charge in [-0.25, -0.2) is 9.36 Å². The molecule has 2 aromatic carbocycles. The Morgan fingerprint density at radius 2 is 0.923 bits per heavy atom. The van der Waals surface area contributed by atoms with E-state index in [2.05, 4.69) is 181 Å². The lowest BCUT2D eigenvalue weighted by molar-refractivity contribution is 0.264. The first-order valence-corrected chi connectivity index (χ1v) is 30.6. The van der Waals surface area contributed by atoms with E-state index < -0.39 is 16.6 Å². The van der Waals surface area contributed by atoms with Gasteiger partial charge in [0.15, 0.2) is 16.6 Å². The van der Waals surface area contributed by atoms with Gasteiger partial charge in [0.25, 0.3) is 11.1 Å². The van der Waals surface area contributed by atoms with Crippen molar-refractivity contribution in [3.63, 3.8) is 0 Å². The van der Waals surface area contributed by atoms with E-state index in [1.54, 1.807) is 16.4 Å². The van der Waals surface area contributed by atoms with Crippen LogP contribution in [0.2, 0.25) is 41.3 Å². The van der Waals surface area contributed by atoms with Gasteiger partial charge in [-0.1, -0.05) is 143 Å². The minimum Gasteiger partial charge on any atom is -0.412 e. The molecule has 0 aliphatic rings. The topological polar surface area (TPSA) is 88.2 Å². The standard InChI is InChI=1S/C26H42N2O2SSi.C15H27ClN2O2Si.C11H16S/c1-24(2,3)20-14-12-19(13-15-20)18-31-22-16-27-28(25(4,5)6)23(29)21(22)17-30-32(10,11)26(7,8)9;1-14(2,3)18-13(19)11(12(16)9-17-18)10-20-21(7,8)15(4,5)6;1-11(2,3)10-6-4-9(8-12)5-7-10/h12-16H,17-18H2,1-11H3;9H,10H2,1-8H3;4-7,12H,8H2,1-3H3. The first-order chi connectivity index (χ1) is 29.2. The Labute approximate surface area is 411 Å². The molecular formula is C52H85ClN4O4S2Si2. The molecule has 4 rings (SSSR count). The van der Waals surface area contributed by atoms with Gasteiger partial charge < -0.3 is 8.85 Å². The number of rotatable bonds is 10. The number of hydrogen-bond acceptors (Lipinski definition) is 8. The molecule has 2 aromatic heterocycles. The van der Waals surface area contributed by atoms with Crippen LogP contribution in [-0.4, -0.2) is 36.2 Å². The van der Waals surface area contributed by atoms with Gasteiger partial charge in [-0.2, -0.15) is 22.8 Å². The fourth-order valence-corrected chi connectivity index (χ4v) is 8.82. The normalized spacial score (nSPS) is 13.2. The fraction of sp³-hybridized carbons (Fsp3) is 0.615. The summed E-state index contributed by atoms with van der Waals surface area (Å²) in [6.45, 7) is 47.7. The van der Waals surface area contributed by atoms with Gasteiger partial charge in [0.05, 0.1) is 52.8 Å². The lowest BCUT2D eigenvalue weighted by Gasteiger charge is -2.36. The number of hydrogen-bond donors (Lipinski definition) is 1. The maximum absolute atomic E-state index is 13.4. The van der Waals surface area contributed by atoms with Gasteiger partial charge in [-0.15, -0.1) is 11.8 Å². The van der Waals surface area contributed by atoms with Gasteiger partial charge in [0.2, 0.25) is 0 Å². The maximum Gasteiger partial charge on any atom is 0.274 e. The molecule has 2 heterocycles. The molecule has 0 radical (unpaired) electrons. The molecule has 0 atom stereocenters. The van der Waals surface area contributed by atoms with Gasteiger partial charge >= 0.3 is 0 Å². The molecule has 65 heavy (non-hydrogen) atoms. The van der Waals surface area contributed by atoms with Gasteiger partial charge in [-0.3, -0.25) is 9.59 Å². The maximum atomic E-state index is 13.4. The van der Waals surface area contributed by atoms with E-state index in [0.717, 1.165) is 22.0 Å². The zero-order valence-electron chi connectivity index (χ0n) is 44.3. The summed E-state index contributed by atoms with van der Waals surface area (Å²) in [6.07, 6.45) is 3.36. The third kappa shape index (κ3) is 17.2. The average molecular weight is 986 g/mol. The SMILES string of the molecule is CC(C)(C)c1ccc(CS)cc1.CC(C)(C)c1ccc(CSc2cnn(C(C)(C)C)c(=O)c2CO[Si](C)(C)C(C)(C)C)cc1.CC(C)(C)n1ncc(Cl)c(CO[Si](C)(C)C(C)(C)C)c1=O. The molecule has 13 heteroatoms. The van der Waals surface area contributed by atoms with Gasteiger partial charge in [0.1, 0.15) is 0 Å². The Morgan fingerprint density at radius 3 is 1.28 bits per heavy atom. The van der Waals surface area contributed by atoms with E-state index >= 15 is 0 Å². The summed E-state index contributed by atoms with van der Waals surface area (Å²) < 4.78 is 15.6.